The van der Waals surface area contributed by atoms with Gasteiger partial charge in [-0.25, -0.2) is 4.39 Å². The van der Waals surface area contributed by atoms with Gasteiger partial charge in [-0.05, 0) is 12.0 Å². The molecule has 1 aliphatic heterocycles. The zero-order valence-corrected chi connectivity index (χ0v) is 11.7. The van der Waals surface area contributed by atoms with Crippen molar-refractivity contribution in [1.82, 2.24) is 10.2 Å². The van der Waals surface area contributed by atoms with Gasteiger partial charge in [-0.3, -0.25) is 9.59 Å². The van der Waals surface area contributed by atoms with E-state index in [9.17, 15) is 14.0 Å². The summed E-state index contributed by atoms with van der Waals surface area (Å²) in [6.45, 7) is 4.29. The number of carbonyl (C=O) groups is 2. The Bertz CT molecular complexity index is 516. The molecule has 2 rings (SSSR count). The maximum atomic E-state index is 13.7. The van der Waals surface area contributed by atoms with Gasteiger partial charge in [-0.15, -0.1) is 0 Å². The smallest absolute Gasteiger partial charge is 0.245 e. The van der Waals surface area contributed by atoms with Gasteiger partial charge in [0.25, 0.3) is 0 Å². The van der Waals surface area contributed by atoms with Crippen LogP contribution >= 0.6 is 0 Å². The Morgan fingerprint density at radius 1 is 1.35 bits per heavy atom. The van der Waals surface area contributed by atoms with Gasteiger partial charge in [0.1, 0.15) is 11.9 Å². The van der Waals surface area contributed by atoms with E-state index < -0.39 is 6.04 Å². The summed E-state index contributed by atoms with van der Waals surface area (Å²) in [6, 6.07) is 5.86. The third-order valence-electron chi connectivity index (χ3n) is 3.49. The van der Waals surface area contributed by atoms with Gasteiger partial charge in [0.2, 0.25) is 11.8 Å². The summed E-state index contributed by atoms with van der Waals surface area (Å²) < 4.78 is 13.7. The molecule has 0 saturated carbocycles. The van der Waals surface area contributed by atoms with Crippen molar-refractivity contribution < 1.29 is 14.0 Å². The SMILES string of the molecule is CC(C)C1NC(=O)CCN(Cc2ccccc2F)C1=O. The predicted octanol–water partition coefficient (Wildman–Crippen LogP) is 1.70. The number of hydrogen-bond acceptors (Lipinski definition) is 2. The summed E-state index contributed by atoms with van der Waals surface area (Å²) in [6.07, 6.45) is 0.253. The Kier molecular flexibility index (Phi) is 4.37. The maximum absolute atomic E-state index is 13.7. The van der Waals surface area contributed by atoms with Crippen molar-refractivity contribution in [3.63, 3.8) is 0 Å². The summed E-state index contributed by atoms with van der Waals surface area (Å²) >= 11 is 0. The van der Waals surface area contributed by atoms with Crippen molar-refractivity contribution in [2.24, 2.45) is 5.92 Å². The standard InChI is InChI=1S/C15H19FN2O2/c1-10(2)14-15(20)18(8-7-13(19)17-14)9-11-5-3-4-6-12(11)16/h3-6,10,14H,7-9H2,1-2H3,(H,17,19). The van der Waals surface area contributed by atoms with Crippen molar-refractivity contribution in [3.8, 4) is 0 Å². The number of amides is 2. The summed E-state index contributed by atoms with van der Waals surface area (Å²) in [4.78, 5) is 25.6. The van der Waals surface area contributed by atoms with Crippen LogP contribution in [0.15, 0.2) is 24.3 Å². The Hall–Kier alpha value is -1.91. The monoisotopic (exact) mass is 278 g/mol. The molecule has 1 aliphatic rings. The molecular weight excluding hydrogens is 259 g/mol. The van der Waals surface area contributed by atoms with E-state index in [1.807, 2.05) is 13.8 Å². The van der Waals surface area contributed by atoms with Gasteiger partial charge in [-0.2, -0.15) is 0 Å². The summed E-state index contributed by atoms with van der Waals surface area (Å²) in [5.74, 6) is -0.597. The molecule has 0 spiro atoms. The zero-order chi connectivity index (χ0) is 14.7. The highest BCUT2D eigenvalue weighted by Gasteiger charge is 2.32. The minimum absolute atomic E-state index is 0.00710. The highest BCUT2D eigenvalue weighted by molar-refractivity contribution is 5.90. The van der Waals surface area contributed by atoms with Crippen LogP contribution in [0.2, 0.25) is 0 Å². The van der Waals surface area contributed by atoms with Gasteiger partial charge in [0.05, 0.1) is 0 Å². The van der Waals surface area contributed by atoms with Crippen LogP contribution in [-0.4, -0.2) is 29.3 Å². The van der Waals surface area contributed by atoms with E-state index in [1.54, 1.807) is 23.1 Å². The minimum Gasteiger partial charge on any atom is -0.344 e. The second-order valence-electron chi connectivity index (χ2n) is 5.39. The van der Waals surface area contributed by atoms with Crippen LogP contribution in [-0.2, 0) is 16.1 Å². The fraction of sp³-hybridized carbons (Fsp3) is 0.467. The van der Waals surface area contributed by atoms with Crippen molar-refractivity contribution in [2.45, 2.75) is 32.9 Å². The van der Waals surface area contributed by atoms with E-state index in [4.69, 9.17) is 0 Å². The van der Waals surface area contributed by atoms with Crippen molar-refractivity contribution >= 4 is 11.8 Å². The normalized spacial score (nSPS) is 20.0. The van der Waals surface area contributed by atoms with Crippen molar-refractivity contribution in [2.75, 3.05) is 6.54 Å². The molecule has 5 heteroatoms. The van der Waals surface area contributed by atoms with Crippen LogP contribution in [0.1, 0.15) is 25.8 Å². The highest BCUT2D eigenvalue weighted by atomic mass is 19.1. The number of hydrogen-bond donors (Lipinski definition) is 1. The first-order valence-corrected chi connectivity index (χ1v) is 6.80. The van der Waals surface area contributed by atoms with E-state index in [0.29, 0.717) is 12.1 Å². The van der Waals surface area contributed by atoms with Gasteiger partial charge in [-0.1, -0.05) is 32.0 Å². The Morgan fingerprint density at radius 2 is 2.05 bits per heavy atom. The lowest BCUT2D eigenvalue weighted by molar-refractivity contribution is -0.135. The van der Waals surface area contributed by atoms with Crippen LogP contribution in [0.25, 0.3) is 0 Å². The molecule has 1 aromatic carbocycles. The first kappa shape index (κ1) is 14.5. The third-order valence-corrected chi connectivity index (χ3v) is 3.49. The maximum Gasteiger partial charge on any atom is 0.245 e. The molecule has 0 aromatic heterocycles. The first-order chi connectivity index (χ1) is 9.49. The van der Waals surface area contributed by atoms with Crippen LogP contribution in [0.4, 0.5) is 4.39 Å². The van der Waals surface area contributed by atoms with Crippen LogP contribution in [0.5, 0.6) is 0 Å². The number of halogens is 1. The van der Waals surface area contributed by atoms with Crippen LogP contribution in [0.3, 0.4) is 0 Å². The molecule has 0 radical (unpaired) electrons. The molecule has 1 unspecified atom stereocenters. The average molecular weight is 278 g/mol. The van der Waals surface area contributed by atoms with E-state index in [-0.39, 0.29) is 36.5 Å². The first-order valence-electron chi connectivity index (χ1n) is 6.80. The zero-order valence-electron chi connectivity index (χ0n) is 11.7. The van der Waals surface area contributed by atoms with Gasteiger partial charge < -0.3 is 10.2 Å². The fourth-order valence-corrected chi connectivity index (χ4v) is 2.29. The lowest BCUT2D eigenvalue weighted by atomic mass is 10.0. The topological polar surface area (TPSA) is 49.4 Å². The van der Waals surface area contributed by atoms with Crippen molar-refractivity contribution in [3.05, 3.63) is 35.6 Å². The lowest BCUT2D eigenvalue weighted by Crippen LogP contribution is -2.47. The van der Waals surface area contributed by atoms with E-state index in [2.05, 4.69) is 5.32 Å². The molecule has 1 atom stereocenters. The number of benzene rings is 1. The number of nitrogens with one attached hydrogen (secondary N) is 1. The fourth-order valence-electron chi connectivity index (χ4n) is 2.29. The van der Waals surface area contributed by atoms with E-state index >= 15 is 0 Å². The molecule has 20 heavy (non-hydrogen) atoms. The summed E-state index contributed by atoms with van der Waals surface area (Å²) in [5, 5.41) is 2.73. The molecule has 108 valence electrons. The molecular formula is C15H19FN2O2. The second-order valence-corrected chi connectivity index (χ2v) is 5.39. The number of nitrogens with zero attached hydrogens (tertiary/aromatic N) is 1. The van der Waals surface area contributed by atoms with E-state index in [0.717, 1.165) is 0 Å². The molecule has 1 heterocycles. The lowest BCUT2D eigenvalue weighted by Gasteiger charge is -2.26. The molecule has 1 N–H and O–H groups in total. The Labute approximate surface area is 118 Å². The van der Waals surface area contributed by atoms with E-state index in [1.165, 1.54) is 6.07 Å². The van der Waals surface area contributed by atoms with Crippen molar-refractivity contribution in [1.29, 1.82) is 0 Å². The molecule has 1 aromatic rings. The van der Waals surface area contributed by atoms with Gasteiger partial charge in [0, 0.05) is 25.1 Å². The average Bonchev–Trinajstić information content (AvgIpc) is 2.54. The minimum atomic E-state index is -0.531. The van der Waals surface area contributed by atoms with Gasteiger partial charge in [0.15, 0.2) is 0 Å². The molecule has 2 amide bonds. The summed E-state index contributed by atoms with van der Waals surface area (Å²) in [7, 11) is 0. The molecule has 1 fully saturated rings. The predicted molar refractivity (Wildman–Crippen MR) is 73.2 cm³/mol. The number of carbonyl (C=O) groups excluding carboxylic acids is 2. The molecule has 0 aliphatic carbocycles. The van der Waals surface area contributed by atoms with Crippen LogP contribution in [0, 0.1) is 11.7 Å². The van der Waals surface area contributed by atoms with Crippen LogP contribution < -0.4 is 5.32 Å². The Balaban J connectivity index is 2.19. The molecule has 4 nitrogen and oxygen atoms in total. The molecule has 0 bridgehead atoms. The number of rotatable bonds is 3. The third kappa shape index (κ3) is 3.15. The van der Waals surface area contributed by atoms with Gasteiger partial charge >= 0.3 is 0 Å². The highest BCUT2D eigenvalue weighted by Crippen LogP contribution is 2.16. The Morgan fingerprint density at radius 3 is 2.70 bits per heavy atom. The quantitative estimate of drug-likeness (QED) is 0.915. The molecule has 1 saturated heterocycles. The summed E-state index contributed by atoms with van der Waals surface area (Å²) in [5.41, 5.74) is 0.470. The second kappa shape index (κ2) is 6.03. The largest absolute Gasteiger partial charge is 0.344 e.